The fourth-order valence-corrected chi connectivity index (χ4v) is 2.73. The standard InChI is InChI=1S/C18H16Cl3N3O2/c1-11-8-13(19)4-5-16(11)23-17(25)6-7-18(26)24-22-10-12-2-3-14(20)9-15(12)21/h2-5,8-10H,6-7H2,1H3,(H,23,25)(H,24,26)/b22-10+. The Labute approximate surface area is 166 Å². The zero-order valence-corrected chi connectivity index (χ0v) is 16.1. The summed E-state index contributed by atoms with van der Waals surface area (Å²) in [6.07, 6.45) is 1.45. The normalized spacial score (nSPS) is 10.8. The van der Waals surface area contributed by atoms with E-state index in [1.807, 2.05) is 6.92 Å². The molecule has 0 fully saturated rings. The van der Waals surface area contributed by atoms with Crippen LogP contribution in [-0.2, 0) is 9.59 Å². The number of nitrogens with zero attached hydrogens (tertiary/aromatic N) is 1. The van der Waals surface area contributed by atoms with Gasteiger partial charge in [0.1, 0.15) is 0 Å². The van der Waals surface area contributed by atoms with Crippen LogP contribution in [0.2, 0.25) is 15.1 Å². The van der Waals surface area contributed by atoms with Crippen molar-refractivity contribution in [2.45, 2.75) is 19.8 Å². The number of hydrogen-bond acceptors (Lipinski definition) is 3. The second-order valence-electron chi connectivity index (χ2n) is 5.47. The number of carbonyl (C=O) groups is 2. The van der Waals surface area contributed by atoms with Crippen LogP contribution < -0.4 is 10.7 Å². The van der Waals surface area contributed by atoms with Gasteiger partial charge in [-0.1, -0.05) is 40.9 Å². The van der Waals surface area contributed by atoms with E-state index in [1.165, 1.54) is 6.21 Å². The van der Waals surface area contributed by atoms with Crippen molar-refractivity contribution >= 4 is 58.5 Å². The van der Waals surface area contributed by atoms with Crippen molar-refractivity contribution in [2.75, 3.05) is 5.32 Å². The van der Waals surface area contributed by atoms with E-state index in [0.29, 0.717) is 26.3 Å². The number of hydrogen-bond donors (Lipinski definition) is 2. The molecule has 0 aliphatic rings. The Morgan fingerprint density at radius 2 is 1.65 bits per heavy atom. The summed E-state index contributed by atoms with van der Waals surface area (Å²) in [6.45, 7) is 1.84. The molecular weight excluding hydrogens is 397 g/mol. The molecule has 0 spiro atoms. The number of nitrogens with one attached hydrogen (secondary N) is 2. The van der Waals surface area contributed by atoms with Crippen LogP contribution in [0.1, 0.15) is 24.0 Å². The van der Waals surface area contributed by atoms with Gasteiger partial charge in [-0.25, -0.2) is 5.43 Å². The van der Waals surface area contributed by atoms with Crippen LogP contribution >= 0.6 is 34.8 Å². The van der Waals surface area contributed by atoms with E-state index in [4.69, 9.17) is 34.8 Å². The summed E-state index contributed by atoms with van der Waals surface area (Å²) >= 11 is 17.7. The lowest BCUT2D eigenvalue weighted by molar-refractivity contribution is -0.124. The van der Waals surface area contributed by atoms with Gasteiger partial charge >= 0.3 is 0 Å². The zero-order chi connectivity index (χ0) is 19.1. The smallest absolute Gasteiger partial charge is 0.240 e. The van der Waals surface area contributed by atoms with Crippen LogP contribution in [0.5, 0.6) is 0 Å². The molecule has 8 heteroatoms. The lowest BCUT2D eigenvalue weighted by atomic mass is 10.2. The first-order chi connectivity index (χ1) is 12.3. The van der Waals surface area contributed by atoms with Gasteiger partial charge in [0.2, 0.25) is 11.8 Å². The highest BCUT2D eigenvalue weighted by Gasteiger charge is 2.08. The van der Waals surface area contributed by atoms with Gasteiger partial charge in [-0.15, -0.1) is 0 Å². The monoisotopic (exact) mass is 411 g/mol. The van der Waals surface area contributed by atoms with Crippen molar-refractivity contribution in [2.24, 2.45) is 5.10 Å². The maximum absolute atomic E-state index is 11.9. The largest absolute Gasteiger partial charge is 0.326 e. The molecule has 2 N–H and O–H groups in total. The van der Waals surface area contributed by atoms with Crippen LogP contribution in [0.4, 0.5) is 5.69 Å². The molecule has 0 atom stereocenters. The molecule has 0 saturated heterocycles. The number of benzene rings is 2. The topological polar surface area (TPSA) is 70.6 Å². The van der Waals surface area contributed by atoms with Gasteiger partial charge in [0.05, 0.1) is 11.2 Å². The summed E-state index contributed by atoms with van der Waals surface area (Å²) in [7, 11) is 0. The third-order valence-corrected chi connectivity index (χ3v) is 4.19. The minimum Gasteiger partial charge on any atom is -0.326 e. The molecule has 136 valence electrons. The van der Waals surface area contributed by atoms with E-state index in [-0.39, 0.29) is 24.7 Å². The van der Waals surface area contributed by atoms with E-state index < -0.39 is 0 Å². The van der Waals surface area contributed by atoms with Gasteiger partial charge in [0.25, 0.3) is 0 Å². The summed E-state index contributed by atoms with van der Waals surface area (Å²) in [5.74, 6) is -0.649. The predicted octanol–water partition coefficient (Wildman–Crippen LogP) is 4.82. The highest BCUT2D eigenvalue weighted by atomic mass is 35.5. The Hall–Kier alpha value is -2.08. The van der Waals surface area contributed by atoms with Gasteiger partial charge in [-0.2, -0.15) is 5.10 Å². The first-order valence-corrected chi connectivity index (χ1v) is 8.81. The fraction of sp³-hybridized carbons (Fsp3) is 0.167. The Morgan fingerprint density at radius 1 is 1.00 bits per heavy atom. The number of carbonyl (C=O) groups excluding carboxylic acids is 2. The van der Waals surface area contributed by atoms with E-state index in [1.54, 1.807) is 36.4 Å². The Balaban J connectivity index is 1.79. The number of halogens is 3. The van der Waals surface area contributed by atoms with Crippen molar-refractivity contribution < 1.29 is 9.59 Å². The first kappa shape index (κ1) is 20.2. The summed E-state index contributed by atoms with van der Waals surface area (Å²) < 4.78 is 0. The highest BCUT2D eigenvalue weighted by Crippen LogP contribution is 2.20. The average molecular weight is 413 g/mol. The molecule has 2 aromatic carbocycles. The van der Waals surface area contributed by atoms with Crippen molar-refractivity contribution in [3.8, 4) is 0 Å². The number of amides is 2. The van der Waals surface area contributed by atoms with E-state index >= 15 is 0 Å². The number of anilines is 1. The number of rotatable bonds is 6. The third-order valence-electron chi connectivity index (χ3n) is 3.40. The second-order valence-corrected chi connectivity index (χ2v) is 6.75. The molecule has 0 heterocycles. The summed E-state index contributed by atoms with van der Waals surface area (Å²) in [6, 6.07) is 10.1. The molecule has 0 bridgehead atoms. The third kappa shape index (κ3) is 6.33. The number of aryl methyl sites for hydroxylation is 1. The molecule has 2 rings (SSSR count). The summed E-state index contributed by atoms with van der Waals surface area (Å²) in [5, 5.41) is 8.09. The van der Waals surface area contributed by atoms with Gasteiger partial charge < -0.3 is 5.32 Å². The highest BCUT2D eigenvalue weighted by molar-refractivity contribution is 6.36. The van der Waals surface area contributed by atoms with Crippen LogP contribution in [0.25, 0.3) is 0 Å². The zero-order valence-electron chi connectivity index (χ0n) is 13.9. The maximum Gasteiger partial charge on any atom is 0.240 e. The van der Waals surface area contributed by atoms with Gasteiger partial charge in [-0.3, -0.25) is 9.59 Å². The second kappa shape index (κ2) is 9.57. The van der Waals surface area contributed by atoms with Crippen molar-refractivity contribution in [1.82, 2.24) is 5.43 Å². The minimum atomic E-state index is -0.380. The summed E-state index contributed by atoms with van der Waals surface area (Å²) in [5.41, 5.74) is 4.48. The van der Waals surface area contributed by atoms with E-state index in [2.05, 4.69) is 15.8 Å². The SMILES string of the molecule is Cc1cc(Cl)ccc1NC(=O)CCC(=O)N/N=C/c1ccc(Cl)cc1Cl. The molecule has 0 aromatic heterocycles. The Bertz CT molecular complexity index is 854. The Kier molecular flexibility index (Phi) is 7.45. The molecule has 5 nitrogen and oxygen atoms in total. The lowest BCUT2D eigenvalue weighted by Crippen LogP contribution is -2.20. The van der Waals surface area contributed by atoms with Gasteiger partial charge in [0.15, 0.2) is 0 Å². The molecule has 0 unspecified atom stereocenters. The molecule has 2 aromatic rings. The maximum atomic E-state index is 11.9. The van der Waals surface area contributed by atoms with Crippen LogP contribution in [0.3, 0.4) is 0 Å². The molecule has 0 radical (unpaired) electrons. The van der Waals surface area contributed by atoms with Gasteiger partial charge in [0, 0.05) is 34.1 Å². The minimum absolute atomic E-state index is 0.00413. The quantitative estimate of drug-likeness (QED) is 0.527. The molecule has 2 amide bonds. The van der Waals surface area contributed by atoms with E-state index in [9.17, 15) is 9.59 Å². The first-order valence-electron chi connectivity index (χ1n) is 7.68. The van der Waals surface area contributed by atoms with Gasteiger partial charge in [-0.05, 0) is 42.8 Å². The molecule has 26 heavy (non-hydrogen) atoms. The predicted molar refractivity (Wildman–Crippen MR) is 106 cm³/mol. The van der Waals surface area contributed by atoms with Crippen molar-refractivity contribution in [1.29, 1.82) is 0 Å². The fourth-order valence-electron chi connectivity index (χ4n) is 2.04. The van der Waals surface area contributed by atoms with E-state index in [0.717, 1.165) is 5.56 Å². The van der Waals surface area contributed by atoms with Crippen LogP contribution in [-0.4, -0.2) is 18.0 Å². The molecule has 0 aliphatic heterocycles. The van der Waals surface area contributed by atoms with Crippen LogP contribution in [0, 0.1) is 6.92 Å². The average Bonchev–Trinajstić information content (AvgIpc) is 2.57. The van der Waals surface area contributed by atoms with Crippen molar-refractivity contribution in [3.63, 3.8) is 0 Å². The Morgan fingerprint density at radius 3 is 2.35 bits per heavy atom. The summed E-state index contributed by atoms with van der Waals surface area (Å²) in [4.78, 5) is 23.7. The lowest BCUT2D eigenvalue weighted by Gasteiger charge is -2.08. The van der Waals surface area contributed by atoms with Crippen molar-refractivity contribution in [3.05, 3.63) is 62.6 Å². The number of hydrazone groups is 1. The molecule has 0 saturated carbocycles. The van der Waals surface area contributed by atoms with Crippen LogP contribution in [0.15, 0.2) is 41.5 Å². The molecule has 0 aliphatic carbocycles. The molecular formula is C18H16Cl3N3O2.